The van der Waals surface area contributed by atoms with Crippen LogP contribution in [0.3, 0.4) is 0 Å². The fourth-order valence-electron chi connectivity index (χ4n) is 1.39. The maximum absolute atomic E-state index is 11.9. The van der Waals surface area contributed by atoms with E-state index in [9.17, 15) is 4.57 Å². The highest BCUT2D eigenvalue weighted by Gasteiger charge is 2.07. The predicted octanol–water partition coefficient (Wildman–Crippen LogP) is 6.58. The van der Waals surface area contributed by atoms with Gasteiger partial charge in [-0.25, -0.2) is 4.57 Å². The molecule has 20 heavy (non-hydrogen) atoms. The topological polar surface area (TPSA) is 35.5 Å². The van der Waals surface area contributed by atoms with Gasteiger partial charge in [0.25, 0.3) is 0 Å². The molecule has 0 aliphatic carbocycles. The van der Waals surface area contributed by atoms with E-state index in [1.165, 1.54) is 0 Å². The smallest absolute Gasteiger partial charge is 0.418 e. The van der Waals surface area contributed by atoms with Crippen molar-refractivity contribution in [2.24, 2.45) is 0 Å². The number of hydrogen-bond donors (Lipinski definition) is 0. The molecule has 0 N–H and O–H groups in total. The van der Waals surface area contributed by atoms with Crippen LogP contribution in [0.25, 0.3) is 0 Å². The summed E-state index contributed by atoms with van der Waals surface area (Å²) < 4.78 is 25.8. The number of benzene rings is 2. The summed E-state index contributed by atoms with van der Waals surface area (Å²) in [7, 11) is -2.69. The minimum Gasteiger partial charge on any atom is -0.418 e. The standard InChI is InChI=1S/C12H7Br4O3P/c13-7-1-8(14)4-11(3-7)18-20(17)19-12-5-9(15)2-10(16)6-12/h1-6,20H. The maximum atomic E-state index is 11.9. The Hall–Kier alpha value is 0.190. The molecule has 0 heterocycles. The minimum absolute atomic E-state index is 0.462. The molecule has 0 saturated heterocycles. The van der Waals surface area contributed by atoms with Gasteiger partial charge in [-0.3, -0.25) is 0 Å². The van der Waals surface area contributed by atoms with Crippen molar-refractivity contribution in [1.29, 1.82) is 0 Å². The van der Waals surface area contributed by atoms with Crippen molar-refractivity contribution in [3.8, 4) is 11.5 Å². The minimum atomic E-state index is -2.69. The van der Waals surface area contributed by atoms with Gasteiger partial charge in [-0.1, -0.05) is 63.7 Å². The SMILES string of the molecule is O=[PH](Oc1cc(Br)cc(Br)c1)Oc1cc(Br)cc(Br)c1. The molecule has 0 spiro atoms. The third kappa shape index (κ3) is 5.19. The zero-order valence-corrected chi connectivity index (χ0v) is 17.0. The van der Waals surface area contributed by atoms with Crippen LogP contribution < -0.4 is 9.05 Å². The Labute approximate surface area is 150 Å². The highest BCUT2D eigenvalue weighted by molar-refractivity contribution is 9.11. The van der Waals surface area contributed by atoms with Crippen LogP contribution in [0.4, 0.5) is 0 Å². The third-order valence-corrected chi connectivity index (χ3v) is 4.71. The Kier molecular flexibility index (Phi) is 6.17. The van der Waals surface area contributed by atoms with Crippen molar-refractivity contribution >= 4 is 72.0 Å². The van der Waals surface area contributed by atoms with E-state index in [4.69, 9.17) is 9.05 Å². The number of hydrogen-bond acceptors (Lipinski definition) is 3. The normalized spacial score (nSPS) is 10.7. The van der Waals surface area contributed by atoms with Gasteiger partial charge in [-0.2, -0.15) is 0 Å². The van der Waals surface area contributed by atoms with Crippen molar-refractivity contribution in [2.75, 3.05) is 0 Å². The largest absolute Gasteiger partial charge is 0.418 e. The third-order valence-electron chi connectivity index (χ3n) is 2.07. The van der Waals surface area contributed by atoms with E-state index in [1.807, 2.05) is 12.1 Å². The molecule has 0 radical (unpaired) electrons. The van der Waals surface area contributed by atoms with E-state index in [2.05, 4.69) is 63.7 Å². The summed E-state index contributed by atoms with van der Waals surface area (Å²) in [6.07, 6.45) is 0. The van der Waals surface area contributed by atoms with Gasteiger partial charge in [0, 0.05) is 17.9 Å². The van der Waals surface area contributed by atoms with Crippen molar-refractivity contribution < 1.29 is 13.6 Å². The number of halogens is 4. The van der Waals surface area contributed by atoms with E-state index in [0.29, 0.717) is 11.5 Å². The summed E-state index contributed by atoms with van der Waals surface area (Å²) in [6.45, 7) is 0. The van der Waals surface area contributed by atoms with Crippen LogP contribution >= 0.6 is 72.0 Å². The zero-order chi connectivity index (χ0) is 14.7. The highest BCUT2D eigenvalue weighted by atomic mass is 79.9. The van der Waals surface area contributed by atoms with Gasteiger partial charge >= 0.3 is 8.25 Å². The van der Waals surface area contributed by atoms with Gasteiger partial charge in [-0.05, 0) is 36.4 Å². The van der Waals surface area contributed by atoms with Gasteiger partial charge in [0.2, 0.25) is 0 Å². The van der Waals surface area contributed by atoms with Crippen LogP contribution in [0.1, 0.15) is 0 Å². The van der Waals surface area contributed by atoms with Gasteiger partial charge in [-0.15, -0.1) is 0 Å². The van der Waals surface area contributed by atoms with E-state index in [0.717, 1.165) is 17.9 Å². The molecule has 0 bridgehead atoms. The van der Waals surface area contributed by atoms with Crippen molar-refractivity contribution in [3.63, 3.8) is 0 Å². The summed E-state index contributed by atoms with van der Waals surface area (Å²) in [5, 5.41) is 0. The van der Waals surface area contributed by atoms with Gasteiger partial charge in [0.1, 0.15) is 11.5 Å². The van der Waals surface area contributed by atoms with Crippen LogP contribution in [-0.4, -0.2) is 0 Å². The quantitative estimate of drug-likeness (QED) is 0.404. The molecule has 8 heteroatoms. The summed E-state index contributed by atoms with van der Waals surface area (Å²) in [4.78, 5) is 0. The Balaban J connectivity index is 2.08. The molecule has 106 valence electrons. The molecule has 0 unspecified atom stereocenters. The second kappa shape index (κ2) is 7.45. The molecular formula is C12H7Br4O3P. The van der Waals surface area contributed by atoms with Gasteiger partial charge in [0.05, 0.1) is 0 Å². The van der Waals surface area contributed by atoms with E-state index < -0.39 is 8.25 Å². The molecule has 0 aliphatic rings. The molecule has 0 amide bonds. The van der Waals surface area contributed by atoms with E-state index in [1.54, 1.807) is 24.3 Å². The van der Waals surface area contributed by atoms with E-state index in [-0.39, 0.29) is 0 Å². The molecule has 2 aromatic carbocycles. The molecular weight excluding hydrogens is 543 g/mol. The fourth-order valence-corrected chi connectivity index (χ4v) is 4.55. The average molecular weight is 550 g/mol. The first kappa shape index (κ1) is 16.6. The van der Waals surface area contributed by atoms with Gasteiger partial charge < -0.3 is 9.05 Å². The first-order valence-corrected chi connectivity index (χ1v) is 9.64. The lowest BCUT2D eigenvalue weighted by Crippen LogP contribution is -1.89. The van der Waals surface area contributed by atoms with Crippen LogP contribution in [0.2, 0.25) is 0 Å². The maximum Gasteiger partial charge on any atom is 0.418 e. The second-order valence-corrected chi connectivity index (χ2v) is 8.24. The van der Waals surface area contributed by atoms with E-state index >= 15 is 0 Å². The molecule has 3 nitrogen and oxygen atoms in total. The lowest BCUT2D eigenvalue weighted by Gasteiger charge is -2.09. The first-order valence-electron chi connectivity index (χ1n) is 5.24. The molecule has 0 fully saturated rings. The second-order valence-electron chi connectivity index (χ2n) is 3.66. The lowest BCUT2D eigenvalue weighted by molar-refractivity contribution is 0.415. The summed E-state index contributed by atoms with van der Waals surface area (Å²) in [6, 6.07) is 10.6. The number of rotatable bonds is 4. The molecule has 0 aliphatic heterocycles. The Morgan fingerprint density at radius 3 is 1.25 bits per heavy atom. The van der Waals surface area contributed by atoms with Crippen molar-refractivity contribution in [3.05, 3.63) is 54.3 Å². The molecule has 0 aromatic heterocycles. The molecule has 2 aromatic rings. The van der Waals surface area contributed by atoms with Crippen LogP contribution in [-0.2, 0) is 4.57 Å². The van der Waals surface area contributed by atoms with Crippen molar-refractivity contribution in [1.82, 2.24) is 0 Å². The summed E-state index contributed by atoms with van der Waals surface area (Å²) >= 11 is 13.3. The Bertz CT molecular complexity index is 567. The van der Waals surface area contributed by atoms with Crippen LogP contribution in [0.15, 0.2) is 54.3 Å². The molecule has 0 atom stereocenters. The predicted molar refractivity (Wildman–Crippen MR) is 93.9 cm³/mol. The van der Waals surface area contributed by atoms with Gasteiger partial charge in [0.15, 0.2) is 0 Å². The molecule has 0 saturated carbocycles. The Morgan fingerprint density at radius 1 is 0.650 bits per heavy atom. The molecule has 2 rings (SSSR count). The Morgan fingerprint density at radius 2 is 0.950 bits per heavy atom. The first-order chi connectivity index (χ1) is 9.42. The zero-order valence-electron chi connectivity index (χ0n) is 9.70. The summed E-state index contributed by atoms with van der Waals surface area (Å²) in [5.41, 5.74) is 0. The van der Waals surface area contributed by atoms with Crippen molar-refractivity contribution in [2.45, 2.75) is 0 Å². The fraction of sp³-hybridized carbons (Fsp3) is 0. The highest BCUT2D eigenvalue weighted by Crippen LogP contribution is 2.35. The monoisotopic (exact) mass is 546 g/mol. The average Bonchev–Trinajstić information content (AvgIpc) is 2.24. The lowest BCUT2D eigenvalue weighted by atomic mass is 10.3. The van der Waals surface area contributed by atoms with Crippen LogP contribution in [0, 0.1) is 0 Å². The van der Waals surface area contributed by atoms with Crippen LogP contribution in [0.5, 0.6) is 11.5 Å². The summed E-state index contributed by atoms with van der Waals surface area (Å²) in [5.74, 6) is 0.924.